The number of hydrogen-bond donors (Lipinski definition) is 1. The first kappa shape index (κ1) is 14.0. The first-order valence-corrected chi connectivity index (χ1v) is 7.41. The summed E-state index contributed by atoms with van der Waals surface area (Å²) < 4.78 is 13.9. The SMILES string of the molecule is Fc1cc(Br)cc(CNCCCN2CCCC2)c1. The molecule has 1 aliphatic heterocycles. The number of rotatable bonds is 6. The molecule has 1 fully saturated rings. The van der Waals surface area contributed by atoms with Crippen molar-refractivity contribution in [3.05, 3.63) is 34.1 Å². The summed E-state index contributed by atoms with van der Waals surface area (Å²) in [6.07, 6.45) is 3.87. The van der Waals surface area contributed by atoms with Gasteiger partial charge in [-0.05, 0) is 69.2 Å². The van der Waals surface area contributed by atoms with Gasteiger partial charge >= 0.3 is 0 Å². The molecule has 0 aliphatic carbocycles. The molecule has 0 radical (unpaired) electrons. The van der Waals surface area contributed by atoms with Crippen molar-refractivity contribution in [1.82, 2.24) is 10.2 Å². The van der Waals surface area contributed by atoms with Crippen LogP contribution < -0.4 is 5.32 Å². The molecule has 4 heteroatoms. The lowest BCUT2D eigenvalue weighted by Crippen LogP contribution is -2.24. The minimum absolute atomic E-state index is 0.182. The van der Waals surface area contributed by atoms with Gasteiger partial charge in [0.05, 0.1) is 0 Å². The fraction of sp³-hybridized carbons (Fsp3) is 0.571. The van der Waals surface area contributed by atoms with Crippen LogP contribution in [0.25, 0.3) is 0 Å². The normalized spacial score (nSPS) is 16.3. The van der Waals surface area contributed by atoms with Gasteiger partial charge in [-0.1, -0.05) is 15.9 Å². The minimum Gasteiger partial charge on any atom is -0.313 e. The van der Waals surface area contributed by atoms with Crippen molar-refractivity contribution in [2.75, 3.05) is 26.2 Å². The van der Waals surface area contributed by atoms with Crippen LogP contribution in [-0.2, 0) is 6.54 Å². The first-order chi connectivity index (χ1) is 8.74. The summed E-state index contributed by atoms with van der Waals surface area (Å²) in [5.41, 5.74) is 0.989. The van der Waals surface area contributed by atoms with Gasteiger partial charge in [0.15, 0.2) is 0 Å². The van der Waals surface area contributed by atoms with Crippen LogP contribution in [0.4, 0.5) is 4.39 Å². The van der Waals surface area contributed by atoms with Gasteiger partial charge in [-0.15, -0.1) is 0 Å². The minimum atomic E-state index is -0.182. The lowest BCUT2D eigenvalue weighted by molar-refractivity contribution is 0.331. The molecule has 2 rings (SSSR count). The van der Waals surface area contributed by atoms with E-state index >= 15 is 0 Å². The Bertz CT molecular complexity index is 358. The number of halogens is 2. The predicted molar refractivity (Wildman–Crippen MR) is 76.1 cm³/mol. The van der Waals surface area contributed by atoms with E-state index in [0.29, 0.717) is 0 Å². The number of likely N-dealkylation sites (tertiary alicyclic amines) is 1. The van der Waals surface area contributed by atoms with Gasteiger partial charge in [-0.2, -0.15) is 0 Å². The lowest BCUT2D eigenvalue weighted by Gasteiger charge is -2.14. The van der Waals surface area contributed by atoms with Gasteiger partial charge in [0, 0.05) is 11.0 Å². The molecule has 0 spiro atoms. The van der Waals surface area contributed by atoms with E-state index in [9.17, 15) is 4.39 Å². The van der Waals surface area contributed by atoms with E-state index in [1.165, 1.54) is 38.5 Å². The first-order valence-electron chi connectivity index (χ1n) is 6.62. The molecular weight excluding hydrogens is 295 g/mol. The van der Waals surface area contributed by atoms with Crippen molar-refractivity contribution in [1.29, 1.82) is 0 Å². The van der Waals surface area contributed by atoms with Gasteiger partial charge in [0.2, 0.25) is 0 Å². The molecule has 0 amide bonds. The highest BCUT2D eigenvalue weighted by Crippen LogP contribution is 2.14. The molecule has 0 bridgehead atoms. The molecular formula is C14H20BrFN2. The van der Waals surface area contributed by atoms with Gasteiger partial charge < -0.3 is 10.2 Å². The van der Waals surface area contributed by atoms with Gasteiger partial charge in [-0.3, -0.25) is 0 Å². The molecule has 1 aromatic carbocycles. The largest absolute Gasteiger partial charge is 0.313 e. The lowest BCUT2D eigenvalue weighted by atomic mass is 10.2. The smallest absolute Gasteiger partial charge is 0.124 e. The van der Waals surface area contributed by atoms with Crippen LogP contribution in [0.15, 0.2) is 22.7 Å². The maximum absolute atomic E-state index is 13.1. The van der Waals surface area contributed by atoms with Gasteiger partial charge in [0.25, 0.3) is 0 Å². The molecule has 1 N–H and O–H groups in total. The van der Waals surface area contributed by atoms with Crippen molar-refractivity contribution in [2.45, 2.75) is 25.8 Å². The second kappa shape index (κ2) is 7.22. The summed E-state index contributed by atoms with van der Waals surface area (Å²) in [6, 6.07) is 5.02. The Labute approximate surface area is 117 Å². The number of benzene rings is 1. The van der Waals surface area contributed by atoms with E-state index in [1.54, 1.807) is 6.07 Å². The van der Waals surface area contributed by atoms with E-state index < -0.39 is 0 Å². The monoisotopic (exact) mass is 314 g/mol. The molecule has 0 atom stereocenters. The van der Waals surface area contributed by atoms with Crippen molar-refractivity contribution >= 4 is 15.9 Å². The average Bonchev–Trinajstić information content (AvgIpc) is 2.80. The van der Waals surface area contributed by atoms with Crippen molar-refractivity contribution < 1.29 is 4.39 Å². The third kappa shape index (κ3) is 4.67. The van der Waals surface area contributed by atoms with Gasteiger partial charge in [-0.25, -0.2) is 4.39 Å². The third-order valence-corrected chi connectivity index (χ3v) is 3.74. The third-order valence-electron chi connectivity index (χ3n) is 3.28. The Kier molecular flexibility index (Phi) is 5.60. The summed E-state index contributed by atoms with van der Waals surface area (Å²) in [7, 11) is 0. The average molecular weight is 315 g/mol. The van der Waals surface area contributed by atoms with E-state index in [0.717, 1.165) is 29.5 Å². The molecule has 18 heavy (non-hydrogen) atoms. The quantitative estimate of drug-likeness (QED) is 0.811. The summed E-state index contributed by atoms with van der Waals surface area (Å²) in [6.45, 7) is 5.43. The number of hydrogen-bond acceptors (Lipinski definition) is 2. The zero-order valence-electron chi connectivity index (χ0n) is 10.6. The van der Waals surface area contributed by atoms with Crippen molar-refractivity contribution in [3.63, 3.8) is 0 Å². The Balaban J connectivity index is 1.62. The molecule has 0 aromatic heterocycles. The van der Waals surface area contributed by atoms with Crippen LogP contribution in [0, 0.1) is 5.82 Å². The van der Waals surface area contributed by atoms with Crippen LogP contribution in [0.2, 0.25) is 0 Å². The maximum Gasteiger partial charge on any atom is 0.124 e. The van der Waals surface area contributed by atoms with Crippen LogP contribution >= 0.6 is 15.9 Å². The fourth-order valence-corrected chi connectivity index (χ4v) is 2.89. The van der Waals surface area contributed by atoms with Crippen LogP contribution in [0.3, 0.4) is 0 Å². The molecule has 2 nitrogen and oxygen atoms in total. The molecule has 0 saturated carbocycles. The predicted octanol–water partition coefficient (Wildman–Crippen LogP) is 3.16. The van der Waals surface area contributed by atoms with Crippen molar-refractivity contribution in [2.24, 2.45) is 0 Å². The fourth-order valence-electron chi connectivity index (χ4n) is 2.38. The summed E-state index contributed by atoms with van der Waals surface area (Å²) in [5.74, 6) is -0.182. The highest BCUT2D eigenvalue weighted by molar-refractivity contribution is 9.10. The highest BCUT2D eigenvalue weighted by atomic mass is 79.9. The van der Waals surface area contributed by atoms with Crippen LogP contribution in [0.5, 0.6) is 0 Å². The summed E-state index contributed by atoms with van der Waals surface area (Å²) in [5, 5.41) is 3.37. The van der Waals surface area contributed by atoms with E-state index in [1.807, 2.05) is 6.07 Å². The molecule has 1 aliphatic rings. The molecule has 1 aromatic rings. The Morgan fingerprint density at radius 2 is 2.00 bits per heavy atom. The Hall–Kier alpha value is -0.450. The Morgan fingerprint density at radius 3 is 2.72 bits per heavy atom. The Morgan fingerprint density at radius 1 is 1.22 bits per heavy atom. The molecule has 0 unspecified atom stereocenters. The van der Waals surface area contributed by atoms with E-state index in [2.05, 4.69) is 26.1 Å². The molecule has 1 saturated heterocycles. The van der Waals surface area contributed by atoms with Crippen LogP contribution in [0.1, 0.15) is 24.8 Å². The zero-order valence-corrected chi connectivity index (χ0v) is 12.2. The van der Waals surface area contributed by atoms with Crippen LogP contribution in [-0.4, -0.2) is 31.1 Å². The van der Waals surface area contributed by atoms with E-state index in [4.69, 9.17) is 0 Å². The second-order valence-corrected chi connectivity index (χ2v) is 5.77. The summed E-state index contributed by atoms with van der Waals surface area (Å²) >= 11 is 3.31. The number of nitrogens with one attached hydrogen (secondary N) is 1. The topological polar surface area (TPSA) is 15.3 Å². The summed E-state index contributed by atoms with van der Waals surface area (Å²) in [4.78, 5) is 2.51. The van der Waals surface area contributed by atoms with E-state index in [-0.39, 0.29) is 5.82 Å². The molecule has 100 valence electrons. The zero-order chi connectivity index (χ0) is 12.8. The highest BCUT2D eigenvalue weighted by Gasteiger charge is 2.09. The van der Waals surface area contributed by atoms with Gasteiger partial charge in [0.1, 0.15) is 5.82 Å². The standard InChI is InChI=1S/C14H20BrFN2/c15-13-8-12(9-14(16)10-13)11-17-4-3-7-18-5-1-2-6-18/h8-10,17H,1-7,11H2. The number of nitrogens with zero attached hydrogens (tertiary/aromatic N) is 1. The second-order valence-electron chi connectivity index (χ2n) is 4.86. The molecule has 1 heterocycles. The maximum atomic E-state index is 13.1. The van der Waals surface area contributed by atoms with Crippen molar-refractivity contribution in [3.8, 4) is 0 Å².